The van der Waals surface area contributed by atoms with Crippen molar-refractivity contribution in [3.63, 3.8) is 0 Å². The number of nitrogens with one attached hydrogen (secondary N) is 1. The summed E-state index contributed by atoms with van der Waals surface area (Å²) in [7, 11) is 3.54. The van der Waals surface area contributed by atoms with Crippen LogP contribution in [0.15, 0.2) is 34.7 Å². The summed E-state index contributed by atoms with van der Waals surface area (Å²) in [5.74, 6) is 1.25. The molecule has 57 heavy (non-hydrogen) atoms. The second kappa shape index (κ2) is 13.0. The molecule has 8 atom stereocenters. The van der Waals surface area contributed by atoms with Crippen LogP contribution in [0.1, 0.15) is 69.0 Å². The van der Waals surface area contributed by atoms with E-state index in [-0.39, 0.29) is 43.5 Å². The van der Waals surface area contributed by atoms with Gasteiger partial charge in [-0.15, -0.1) is 11.8 Å². The first-order valence-corrected chi connectivity index (χ1v) is 20.3. The molecule has 2 saturated heterocycles. The minimum absolute atomic E-state index is 0.0491. The molecule has 8 heterocycles. The van der Waals surface area contributed by atoms with Crippen LogP contribution >= 0.6 is 11.8 Å². The number of furan rings is 1. The largest absolute Gasteiger partial charge is 0.504 e. The first kappa shape index (κ1) is 36.4. The zero-order valence-corrected chi connectivity index (χ0v) is 33.0. The summed E-state index contributed by atoms with van der Waals surface area (Å²) in [4.78, 5) is 32.4. The molecule has 14 nitrogen and oxygen atoms in total. The standard InChI is InChI=1S/C42H43N5O9S/c1-18-10-21-11-25-26(14-44)47-27-15-52-41(50)42(40-24(12-22(13-43)45-42)23-8-6-7-9-28(23)56-40)16-57-39(33(47)32(46(25)4)29(21)34(49)35(18)51-5)31-30(27)38-37(53-17-54-38)19(2)36(31)55-20(3)48/h6-10,22,25-27,32-33,39,45,49H,11-13,15-17,43H2,1-5H3/t22-,25?,26+,27+,32?,33-,39-,42-/m1/s1. The molecule has 1 aromatic heterocycles. The summed E-state index contributed by atoms with van der Waals surface area (Å²) in [5.41, 5.74) is 10.9. The second-order valence-electron chi connectivity index (χ2n) is 15.9. The number of carbonyl (C=O) groups excluding carboxylic acids is 2. The third-order valence-corrected chi connectivity index (χ3v) is 14.5. The average molecular weight is 794 g/mol. The quantitative estimate of drug-likeness (QED) is 0.197. The molecule has 4 N–H and O–H groups in total. The predicted molar refractivity (Wildman–Crippen MR) is 208 cm³/mol. The van der Waals surface area contributed by atoms with Crippen molar-refractivity contribution < 1.29 is 42.8 Å². The van der Waals surface area contributed by atoms with Crippen LogP contribution in [0.25, 0.3) is 11.0 Å². The van der Waals surface area contributed by atoms with Gasteiger partial charge in [-0.05, 0) is 50.9 Å². The van der Waals surface area contributed by atoms with E-state index in [2.05, 4.69) is 27.3 Å². The van der Waals surface area contributed by atoms with Crippen LogP contribution in [-0.2, 0) is 32.7 Å². The van der Waals surface area contributed by atoms with Crippen molar-refractivity contribution in [2.24, 2.45) is 5.73 Å². The summed E-state index contributed by atoms with van der Waals surface area (Å²) in [6.45, 7) is 5.13. The molecule has 7 aliphatic heterocycles. The van der Waals surface area contributed by atoms with Crippen LogP contribution in [0.3, 0.4) is 0 Å². The van der Waals surface area contributed by atoms with Gasteiger partial charge in [0, 0.05) is 70.6 Å². The van der Waals surface area contributed by atoms with Crippen molar-refractivity contribution in [1.82, 2.24) is 15.1 Å². The third kappa shape index (κ3) is 4.91. The van der Waals surface area contributed by atoms with Crippen molar-refractivity contribution in [1.29, 1.82) is 5.26 Å². The fourth-order valence-electron chi connectivity index (χ4n) is 10.7. The van der Waals surface area contributed by atoms with E-state index in [0.29, 0.717) is 69.4 Å². The number of benzene rings is 3. The Morgan fingerprint density at radius 3 is 2.68 bits per heavy atom. The SMILES string of the molecule is COc1c(C)cc2c(c1O)C1[C@@H]3[C@@H]4SC[C@]5(N[C@@H](CN)Cc6c5oc5ccccc65)C(=O)OC[C@@H](c5c6c(c(C)c(OC(C)=O)c54)OCO6)N3[C@@H](C#N)C(C2)N1C. The van der Waals surface area contributed by atoms with Gasteiger partial charge < -0.3 is 38.9 Å². The summed E-state index contributed by atoms with van der Waals surface area (Å²) < 4.78 is 37.4. The van der Waals surface area contributed by atoms with Gasteiger partial charge in [-0.1, -0.05) is 24.3 Å². The van der Waals surface area contributed by atoms with E-state index < -0.39 is 46.9 Å². The molecule has 1 spiro atoms. The Hall–Kier alpha value is -4.98. The highest BCUT2D eigenvalue weighted by Crippen LogP contribution is 2.64. The number of para-hydroxylation sites is 1. The second-order valence-corrected chi connectivity index (χ2v) is 17.0. The average Bonchev–Trinajstić information content (AvgIpc) is 3.84. The number of methoxy groups -OCH3 is 1. The Kier molecular flexibility index (Phi) is 8.31. The number of phenolic OH excluding ortho intramolecular Hbond substituents is 1. The number of piperazine rings is 1. The number of ether oxygens (including phenoxy) is 5. The van der Waals surface area contributed by atoms with E-state index in [0.717, 1.165) is 22.1 Å². The maximum atomic E-state index is 15.0. The number of aryl methyl sites for hydroxylation is 1. The lowest BCUT2D eigenvalue weighted by Gasteiger charge is -2.62. The van der Waals surface area contributed by atoms with E-state index >= 15 is 4.79 Å². The van der Waals surface area contributed by atoms with Crippen LogP contribution in [-0.4, -0.2) is 90.9 Å². The van der Waals surface area contributed by atoms with Crippen molar-refractivity contribution in [2.75, 3.05) is 39.9 Å². The highest BCUT2D eigenvalue weighted by Gasteiger charge is 2.62. The Bertz CT molecular complexity index is 2450. The lowest BCUT2D eigenvalue weighted by molar-refractivity contribution is -0.158. The molecule has 0 saturated carbocycles. The van der Waals surface area contributed by atoms with Crippen molar-refractivity contribution in [3.05, 3.63) is 75.0 Å². The molecule has 15 heteroatoms. The molecule has 0 aliphatic carbocycles. The monoisotopic (exact) mass is 793 g/mol. The van der Waals surface area contributed by atoms with Gasteiger partial charge in [0.2, 0.25) is 6.79 Å². The lowest BCUT2D eigenvalue weighted by Crippen LogP contribution is -2.69. The number of likely N-dealkylation sites (N-methyl/N-ethyl adjacent to an activating group) is 1. The molecule has 3 aromatic carbocycles. The highest BCUT2D eigenvalue weighted by molar-refractivity contribution is 7.99. The van der Waals surface area contributed by atoms with E-state index in [1.807, 2.05) is 45.2 Å². The van der Waals surface area contributed by atoms with Crippen molar-refractivity contribution in [3.8, 4) is 34.8 Å². The third-order valence-electron chi connectivity index (χ3n) is 13.0. The molecule has 296 valence electrons. The molecule has 4 bridgehead atoms. The van der Waals surface area contributed by atoms with Crippen LogP contribution < -0.4 is 30.0 Å². The van der Waals surface area contributed by atoms with Crippen LogP contribution in [0.2, 0.25) is 0 Å². The molecule has 0 amide bonds. The number of nitrogens with zero attached hydrogens (tertiary/aromatic N) is 3. The van der Waals surface area contributed by atoms with E-state index in [1.54, 1.807) is 7.11 Å². The lowest BCUT2D eigenvalue weighted by atomic mass is 9.71. The van der Waals surface area contributed by atoms with Gasteiger partial charge >= 0.3 is 11.9 Å². The number of esters is 2. The van der Waals surface area contributed by atoms with Crippen molar-refractivity contribution in [2.45, 2.75) is 80.7 Å². The first-order valence-electron chi connectivity index (χ1n) is 19.2. The summed E-state index contributed by atoms with van der Waals surface area (Å²) in [6, 6.07) is 9.42. The van der Waals surface area contributed by atoms with Crippen molar-refractivity contribution >= 4 is 34.7 Å². The van der Waals surface area contributed by atoms with Gasteiger partial charge in [0.25, 0.3) is 0 Å². The van der Waals surface area contributed by atoms with Crippen LogP contribution in [0.5, 0.6) is 28.7 Å². The fourth-order valence-corrected chi connectivity index (χ4v) is 12.4. The molecular weight excluding hydrogens is 751 g/mol. The van der Waals surface area contributed by atoms with Gasteiger partial charge in [0.05, 0.1) is 30.5 Å². The molecule has 2 unspecified atom stereocenters. The number of fused-ring (bicyclic) bond motifs is 11. The molecule has 0 radical (unpaired) electrons. The number of hydrogen-bond donors (Lipinski definition) is 3. The first-order chi connectivity index (χ1) is 27.5. The topological polar surface area (TPSA) is 182 Å². The number of nitrogens with two attached hydrogens (primary N) is 1. The molecule has 2 fully saturated rings. The summed E-state index contributed by atoms with van der Waals surface area (Å²) in [6.07, 6.45) is 1.05. The van der Waals surface area contributed by atoms with Gasteiger partial charge in [-0.25, -0.2) is 4.79 Å². The minimum Gasteiger partial charge on any atom is -0.504 e. The predicted octanol–water partition coefficient (Wildman–Crippen LogP) is 4.35. The number of phenols is 1. The zero-order chi connectivity index (χ0) is 39.7. The van der Waals surface area contributed by atoms with Gasteiger partial charge in [-0.3, -0.25) is 19.9 Å². The Morgan fingerprint density at radius 2 is 1.93 bits per heavy atom. The van der Waals surface area contributed by atoms with E-state index in [9.17, 15) is 15.2 Å². The number of rotatable bonds is 3. The number of thioether (sulfide) groups is 1. The minimum atomic E-state index is -1.46. The molecule has 4 aromatic rings. The van der Waals surface area contributed by atoms with Gasteiger partial charge in [-0.2, -0.15) is 5.26 Å². The molecular formula is C42H43N5O9S. The number of hydrogen-bond acceptors (Lipinski definition) is 15. The summed E-state index contributed by atoms with van der Waals surface area (Å²) in [5, 5.41) is 27.2. The Balaban J connectivity index is 1.26. The van der Waals surface area contributed by atoms with E-state index in [1.165, 1.54) is 18.7 Å². The number of aromatic hydroxyl groups is 1. The van der Waals surface area contributed by atoms with E-state index in [4.69, 9.17) is 33.8 Å². The van der Waals surface area contributed by atoms with Gasteiger partial charge in [0.15, 0.2) is 28.5 Å². The smallest absolute Gasteiger partial charge is 0.335 e. The van der Waals surface area contributed by atoms with Crippen LogP contribution in [0.4, 0.5) is 0 Å². The Morgan fingerprint density at radius 1 is 1.14 bits per heavy atom. The molecule has 11 rings (SSSR count). The summed E-state index contributed by atoms with van der Waals surface area (Å²) >= 11 is 1.49. The zero-order valence-electron chi connectivity index (χ0n) is 32.2. The highest BCUT2D eigenvalue weighted by atomic mass is 32.2. The number of carbonyl (C=O) groups is 2. The van der Waals surface area contributed by atoms with Gasteiger partial charge in [0.1, 0.15) is 29.7 Å². The Labute approximate surface area is 333 Å². The maximum Gasteiger partial charge on any atom is 0.335 e. The normalized spacial score (nSPS) is 29.8. The number of nitriles is 1. The van der Waals surface area contributed by atoms with Crippen LogP contribution in [0, 0.1) is 25.2 Å². The molecule has 7 aliphatic rings. The fraction of sp³-hybridized carbons (Fsp3) is 0.452. The maximum absolute atomic E-state index is 15.0.